The summed E-state index contributed by atoms with van der Waals surface area (Å²) in [6, 6.07) is 11.1. The molecule has 1 N–H and O–H groups in total. The summed E-state index contributed by atoms with van der Waals surface area (Å²) in [4.78, 5) is 4.48. The number of nitrogens with one attached hydrogen (secondary N) is 1. The number of rotatable bonds is 5. The van der Waals surface area contributed by atoms with Crippen LogP contribution >= 0.6 is 15.9 Å². The highest BCUT2D eigenvalue weighted by Gasteiger charge is 2.23. The zero-order valence-electron chi connectivity index (χ0n) is 13.1. The van der Waals surface area contributed by atoms with Crippen molar-refractivity contribution in [1.82, 2.24) is 9.71 Å². The molecule has 1 unspecified atom stereocenters. The SMILES string of the molecule is CC(CNS(=O)(=O)C1=Cc2cc(Br)ccc2OC1)c1ccccn1. The first-order valence-corrected chi connectivity index (χ1v) is 9.77. The number of hydrogen-bond donors (Lipinski definition) is 1. The predicted molar refractivity (Wildman–Crippen MR) is 97.2 cm³/mol. The second-order valence-electron chi connectivity index (χ2n) is 5.59. The molecule has 2 heterocycles. The van der Waals surface area contributed by atoms with Crippen LogP contribution in [0.1, 0.15) is 24.1 Å². The summed E-state index contributed by atoms with van der Waals surface area (Å²) in [6.07, 6.45) is 3.35. The lowest BCUT2D eigenvalue weighted by molar-refractivity contribution is 0.353. The van der Waals surface area contributed by atoms with E-state index in [-0.39, 0.29) is 24.0 Å². The van der Waals surface area contributed by atoms with E-state index in [1.165, 1.54) is 0 Å². The molecular formula is C17H17BrN2O3S. The molecule has 5 nitrogen and oxygen atoms in total. The smallest absolute Gasteiger partial charge is 0.240 e. The molecule has 1 aromatic heterocycles. The molecule has 0 saturated carbocycles. The van der Waals surface area contributed by atoms with Crippen molar-refractivity contribution in [3.05, 3.63) is 63.2 Å². The van der Waals surface area contributed by atoms with Crippen LogP contribution in [0.4, 0.5) is 0 Å². The third-order valence-electron chi connectivity index (χ3n) is 3.78. The van der Waals surface area contributed by atoms with Gasteiger partial charge in [-0.3, -0.25) is 4.98 Å². The molecule has 0 saturated heterocycles. The lowest BCUT2D eigenvalue weighted by atomic mass is 10.1. The minimum Gasteiger partial charge on any atom is -0.487 e. The number of nitrogens with zero attached hydrogens (tertiary/aromatic N) is 1. The molecule has 3 rings (SSSR count). The van der Waals surface area contributed by atoms with Gasteiger partial charge in [-0.15, -0.1) is 0 Å². The van der Waals surface area contributed by atoms with Crippen LogP contribution in [0.25, 0.3) is 6.08 Å². The van der Waals surface area contributed by atoms with E-state index in [4.69, 9.17) is 4.74 Å². The number of benzene rings is 1. The van der Waals surface area contributed by atoms with Crippen LogP contribution in [-0.2, 0) is 10.0 Å². The van der Waals surface area contributed by atoms with Crippen molar-refractivity contribution in [3.63, 3.8) is 0 Å². The third kappa shape index (κ3) is 3.85. The van der Waals surface area contributed by atoms with Crippen LogP contribution in [0.5, 0.6) is 5.75 Å². The van der Waals surface area contributed by atoms with Crippen molar-refractivity contribution in [2.75, 3.05) is 13.2 Å². The fraction of sp³-hybridized carbons (Fsp3) is 0.235. The fourth-order valence-corrected chi connectivity index (χ4v) is 3.91. The predicted octanol–water partition coefficient (Wildman–Crippen LogP) is 3.30. The van der Waals surface area contributed by atoms with Crippen molar-refractivity contribution < 1.29 is 13.2 Å². The van der Waals surface area contributed by atoms with Gasteiger partial charge in [0.1, 0.15) is 12.4 Å². The van der Waals surface area contributed by atoms with Crippen LogP contribution < -0.4 is 9.46 Å². The van der Waals surface area contributed by atoms with Crippen molar-refractivity contribution in [2.45, 2.75) is 12.8 Å². The average Bonchev–Trinajstić information content (AvgIpc) is 2.59. The summed E-state index contributed by atoms with van der Waals surface area (Å²) in [5, 5.41) is 0. The van der Waals surface area contributed by atoms with Crippen LogP contribution in [0.2, 0.25) is 0 Å². The summed E-state index contributed by atoms with van der Waals surface area (Å²) in [5.74, 6) is 0.659. The molecule has 1 aromatic carbocycles. The Kier molecular flexibility index (Phi) is 5.03. The second-order valence-corrected chi connectivity index (χ2v) is 8.32. The van der Waals surface area contributed by atoms with E-state index in [1.54, 1.807) is 12.3 Å². The molecule has 1 atom stereocenters. The van der Waals surface area contributed by atoms with Crippen LogP contribution in [-0.4, -0.2) is 26.6 Å². The molecule has 1 aliphatic rings. The summed E-state index contributed by atoms with van der Waals surface area (Å²) in [6.45, 7) is 2.24. The topological polar surface area (TPSA) is 68.3 Å². The van der Waals surface area contributed by atoms with Gasteiger partial charge in [0.15, 0.2) is 0 Å². The van der Waals surface area contributed by atoms with E-state index >= 15 is 0 Å². The number of sulfonamides is 1. The quantitative estimate of drug-likeness (QED) is 0.823. The minimum absolute atomic E-state index is 0.0208. The van der Waals surface area contributed by atoms with Gasteiger partial charge in [0, 0.05) is 34.4 Å². The number of aromatic nitrogens is 1. The molecule has 0 radical (unpaired) electrons. The Morgan fingerprint density at radius 3 is 2.92 bits per heavy atom. The highest BCUT2D eigenvalue weighted by Crippen LogP contribution is 2.30. The molecule has 7 heteroatoms. The largest absolute Gasteiger partial charge is 0.487 e. The Hall–Kier alpha value is -1.70. The van der Waals surface area contributed by atoms with Gasteiger partial charge in [-0.1, -0.05) is 28.9 Å². The third-order valence-corrected chi connectivity index (χ3v) is 5.74. The first-order valence-electron chi connectivity index (χ1n) is 7.49. The van der Waals surface area contributed by atoms with Gasteiger partial charge in [0.2, 0.25) is 10.0 Å². The van der Waals surface area contributed by atoms with Gasteiger partial charge in [-0.2, -0.15) is 0 Å². The molecule has 2 aromatic rings. The number of hydrogen-bond acceptors (Lipinski definition) is 4. The van der Waals surface area contributed by atoms with Crippen LogP contribution in [0.3, 0.4) is 0 Å². The Morgan fingerprint density at radius 2 is 2.17 bits per heavy atom. The van der Waals surface area contributed by atoms with E-state index in [9.17, 15) is 8.42 Å². The standard InChI is InChI=1S/C17H17BrN2O3S/c1-12(16-4-2-3-7-19-16)10-20-24(21,22)15-9-13-8-14(18)5-6-17(13)23-11-15/h2-9,12,20H,10-11H2,1H3. The molecular weight excluding hydrogens is 392 g/mol. The monoisotopic (exact) mass is 408 g/mol. The molecule has 126 valence electrons. The van der Waals surface area contributed by atoms with Crippen LogP contribution in [0, 0.1) is 0 Å². The lowest BCUT2D eigenvalue weighted by Crippen LogP contribution is -2.31. The van der Waals surface area contributed by atoms with E-state index in [1.807, 2.05) is 43.3 Å². The number of pyridine rings is 1. The first-order chi connectivity index (χ1) is 11.5. The van der Waals surface area contributed by atoms with Crippen molar-refractivity contribution in [2.24, 2.45) is 0 Å². The number of halogens is 1. The zero-order valence-corrected chi connectivity index (χ0v) is 15.5. The Bertz CT molecular complexity index is 867. The van der Waals surface area contributed by atoms with E-state index in [2.05, 4.69) is 25.6 Å². The number of ether oxygens (including phenoxy) is 1. The molecule has 0 spiro atoms. The molecule has 0 amide bonds. The first kappa shape index (κ1) is 17.1. The van der Waals surface area contributed by atoms with Crippen molar-refractivity contribution in [3.8, 4) is 5.75 Å². The number of fused-ring (bicyclic) bond motifs is 1. The molecule has 24 heavy (non-hydrogen) atoms. The van der Waals surface area contributed by atoms with E-state index in [0.29, 0.717) is 5.75 Å². The van der Waals surface area contributed by atoms with Crippen LogP contribution in [0.15, 0.2) is 52.0 Å². The highest BCUT2D eigenvalue weighted by atomic mass is 79.9. The minimum atomic E-state index is -3.60. The maximum absolute atomic E-state index is 12.5. The zero-order chi connectivity index (χ0) is 17.2. The molecule has 1 aliphatic heterocycles. The van der Waals surface area contributed by atoms with Crippen molar-refractivity contribution in [1.29, 1.82) is 0 Å². The molecule has 0 bridgehead atoms. The van der Waals surface area contributed by atoms with Gasteiger partial charge in [-0.05, 0) is 36.4 Å². The highest BCUT2D eigenvalue weighted by molar-refractivity contribution is 9.10. The fourth-order valence-electron chi connectivity index (χ4n) is 2.38. The van der Waals surface area contributed by atoms with Gasteiger partial charge in [0.05, 0.1) is 4.91 Å². The van der Waals surface area contributed by atoms with Crippen molar-refractivity contribution >= 4 is 32.0 Å². The van der Waals surface area contributed by atoms with Gasteiger partial charge >= 0.3 is 0 Å². The van der Waals surface area contributed by atoms with Gasteiger partial charge < -0.3 is 4.74 Å². The summed E-state index contributed by atoms with van der Waals surface area (Å²) in [7, 11) is -3.60. The lowest BCUT2D eigenvalue weighted by Gasteiger charge is -2.19. The molecule has 0 aliphatic carbocycles. The summed E-state index contributed by atoms with van der Waals surface area (Å²) in [5.41, 5.74) is 1.59. The van der Waals surface area contributed by atoms with Gasteiger partial charge in [0.25, 0.3) is 0 Å². The van der Waals surface area contributed by atoms with E-state index < -0.39 is 10.0 Å². The van der Waals surface area contributed by atoms with Gasteiger partial charge in [-0.25, -0.2) is 13.1 Å². The normalized spacial score (nSPS) is 15.2. The maximum Gasteiger partial charge on any atom is 0.240 e. The second kappa shape index (κ2) is 7.04. The Balaban J connectivity index is 1.74. The Labute approximate surface area is 149 Å². The Morgan fingerprint density at radius 1 is 1.33 bits per heavy atom. The maximum atomic E-state index is 12.5. The summed E-state index contributed by atoms with van der Waals surface area (Å²) >= 11 is 3.38. The molecule has 0 fully saturated rings. The van der Waals surface area contributed by atoms with E-state index in [0.717, 1.165) is 15.7 Å². The average molecular weight is 409 g/mol. The summed E-state index contributed by atoms with van der Waals surface area (Å²) < 4.78 is 34.1.